The van der Waals surface area contributed by atoms with E-state index in [2.05, 4.69) is 26.2 Å². The minimum atomic E-state index is -0.260. The van der Waals surface area contributed by atoms with Gasteiger partial charge in [-0.3, -0.25) is 24.1 Å². The SMILES string of the molecule is COc1cc(N2CCN(C(C)=O)CC2)ccc1Nc1ncc(Cl)c(N2C[C@H](CC(=O)NOCc3ccccc3)C[C@H](CC(=O)NOCc3ccccc3)C2)n1. The van der Waals surface area contributed by atoms with Gasteiger partial charge < -0.3 is 24.8 Å². The molecule has 55 heavy (non-hydrogen) atoms. The molecule has 3 aromatic carbocycles. The maximum atomic E-state index is 13.1. The number of hydrogen-bond acceptors (Lipinski definition) is 11. The predicted molar refractivity (Wildman–Crippen MR) is 210 cm³/mol. The number of piperidine rings is 1. The Balaban J connectivity index is 1.13. The largest absolute Gasteiger partial charge is 0.494 e. The molecule has 3 heterocycles. The van der Waals surface area contributed by atoms with E-state index in [1.807, 2.05) is 88.7 Å². The highest BCUT2D eigenvalue weighted by atomic mass is 35.5. The van der Waals surface area contributed by atoms with Gasteiger partial charge in [0.05, 0.1) is 32.2 Å². The second-order valence-electron chi connectivity index (χ2n) is 13.7. The summed E-state index contributed by atoms with van der Waals surface area (Å²) in [6, 6.07) is 25.0. The molecule has 0 saturated carbocycles. The number of halogens is 1. The van der Waals surface area contributed by atoms with Gasteiger partial charge in [0.25, 0.3) is 0 Å². The number of carbonyl (C=O) groups excluding carboxylic acids is 3. The molecule has 3 N–H and O–H groups in total. The van der Waals surface area contributed by atoms with Gasteiger partial charge in [-0.05, 0) is 41.5 Å². The Hall–Kier alpha value is -5.44. The van der Waals surface area contributed by atoms with Crippen LogP contribution < -0.4 is 30.8 Å². The average molecular weight is 771 g/mol. The van der Waals surface area contributed by atoms with Crippen LogP contribution in [0.2, 0.25) is 5.02 Å². The van der Waals surface area contributed by atoms with Gasteiger partial charge in [0.2, 0.25) is 23.7 Å². The molecule has 0 unspecified atom stereocenters. The quantitative estimate of drug-likeness (QED) is 0.136. The summed E-state index contributed by atoms with van der Waals surface area (Å²) in [4.78, 5) is 64.2. The summed E-state index contributed by atoms with van der Waals surface area (Å²) in [5.41, 5.74) is 8.67. The Labute approximate surface area is 326 Å². The number of nitrogens with zero attached hydrogens (tertiary/aromatic N) is 5. The van der Waals surface area contributed by atoms with E-state index in [1.54, 1.807) is 14.0 Å². The summed E-state index contributed by atoms with van der Waals surface area (Å²) in [6.07, 6.45) is 2.51. The van der Waals surface area contributed by atoms with Crippen molar-refractivity contribution in [2.45, 2.75) is 39.4 Å². The van der Waals surface area contributed by atoms with Crippen LogP contribution in [0.5, 0.6) is 5.75 Å². The standard InChI is InChI=1S/C40H47ClN8O6/c1-28(50)47-15-17-48(18-16-47)33-13-14-35(36(22-33)53-2)43-40-42-23-34(41)39(44-40)49-24-31(20-37(51)45-54-26-29-9-5-3-6-10-29)19-32(25-49)21-38(52)46-55-27-30-11-7-4-8-12-30/h3-14,22-23,31-32H,15-21,24-27H2,1-2H3,(H,45,51)(H,46,52)(H,42,43,44)/t31-,32+. The highest BCUT2D eigenvalue weighted by molar-refractivity contribution is 6.32. The van der Waals surface area contributed by atoms with E-state index in [0.717, 1.165) is 29.9 Å². The second kappa shape index (κ2) is 19.2. The molecule has 2 fully saturated rings. The number of piperazine rings is 1. The van der Waals surface area contributed by atoms with Crippen LogP contribution >= 0.6 is 11.6 Å². The number of carbonyl (C=O) groups is 3. The molecule has 2 saturated heterocycles. The van der Waals surface area contributed by atoms with Crippen molar-refractivity contribution in [2.24, 2.45) is 11.8 Å². The average Bonchev–Trinajstić information content (AvgIpc) is 3.19. The van der Waals surface area contributed by atoms with E-state index in [1.165, 1.54) is 6.20 Å². The summed E-state index contributed by atoms with van der Waals surface area (Å²) in [7, 11) is 1.60. The lowest BCUT2D eigenvalue weighted by Gasteiger charge is -2.38. The first kappa shape index (κ1) is 39.3. The Morgan fingerprint density at radius 1 is 0.800 bits per heavy atom. The summed E-state index contributed by atoms with van der Waals surface area (Å²) in [6.45, 7) is 5.80. The number of anilines is 4. The molecule has 0 bridgehead atoms. The molecule has 15 heteroatoms. The van der Waals surface area contributed by atoms with E-state index in [-0.39, 0.29) is 55.6 Å². The normalized spacial score (nSPS) is 17.0. The van der Waals surface area contributed by atoms with Crippen LogP contribution in [0.15, 0.2) is 85.1 Å². The maximum absolute atomic E-state index is 13.1. The van der Waals surface area contributed by atoms with E-state index in [4.69, 9.17) is 31.0 Å². The number of methoxy groups -OCH3 is 1. The van der Waals surface area contributed by atoms with Crippen molar-refractivity contribution in [3.05, 3.63) is 101 Å². The number of benzene rings is 3. The fourth-order valence-electron chi connectivity index (χ4n) is 6.96. The Morgan fingerprint density at radius 2 is 1.38 bits per heavy atom. The van der Waals surface area contributed by atoms with Crippen LogP contribution in [0.25, 0.3) is 0 Å². The third-order valence-electron chi connectivity index (χ3n) is 9.65. The molecule has 0 radical (unpaired) electrons. The lowest BCUT2D eigenvalue weighted by molar-refractivity contribution is -0.136. The van der Waals surface area contributed by atoms with E-state index in [0.29, 0.717) is 60.8 Å². The molecule has 290 valence electrons. The highest BCUT2D eigenvalue weighted by Crippen LogP contribution is 2.35. The van der Waals surface area contributed by atoms with Crippen molar-refractivity contribution in [2.75, 3.05) is 61.5 Å². The zero-order valence-corrected chi connectivity index (χ0v) is 31.8. The first-order valence-corrected chi connectivity index (χ1v) is 18.7. The third kappa shape index (κ3) is 11.3. The Kier molecular flexibility index (Phi) is 13.7. The fraction of sp³-hybridized carbons (Fsp3) is 0.375. The van der Waals surface area contributed by atoms with E-state index in [9.17, 15) is 14.4 Å². The summed E-state index contributed by atoms with van der Waals surface area (Å²) < 4.78 is 5.74. The van der Waals surface area contributed by atoms with Gasteiger partial charge in [-0.25, -0.2) is 15.9 Å². The molecule has 2 aliphatic rings. The number of rotatable bonds is 15. The zero-order chi connectivity index (χ0) is 38.6. The van der Waals surface area contributed by atoms with Crippen LogP contribution in [0.4, 0.5) is 23.1 Å². The van der Waals surface area contributed by atoms with Crippen molar-refractivity contribution in [1.82, 2.24) is 25.8 Å². The molecular weight excluding hydrogens is 724 g/mol. The molecule has 6 rings (SSSR count). The number of ether oxygens (including phenoxy) is 1. The lowest BCUT2D eigenvalue weighted by atomic mass is 9.85. The van der Waals surface area contributed by atoms with Crippen molar-refractivity contribution in [3.8, 4) is 5.75 Å². The Bertz CT molecular complexity index is 1830. The third-order valence-corrected chi connectivity index (χ3v) is 9.92. The molecular formula is C40H47ClN8O6. The van der Waals surface area contributed by atoms with Crippen LogP contribution in [-0.4, -0.2) is 79.0 Å². The minimum Gasteiger partial charge on any atom is -0.494 e. The number of amides is 3. The van der Waals surface area contributed by atoms with E-state index < -0.39 is 0 Å². The smallest absolute Gasteiger partial charge is 0.243 e. The van der Waals surface area contributed by atoms with Gasteiger partial charge in [-0.1, -0.05) is 72.3 Å². The Morgan fingerprint density at radius 3 is 1.93 bits per heavy atom. The maximum Gasteiger partial charge on any atom is 0.243 e. The van der Waals surface area contributed by atoms with Crippen LogP contribution in [-0.2, 0) is 37.3 Å². The number of hydroxylamine groups is 2. The van der Waals surface area contributed by atoms with Crippen molar-refractivity contribution in [3.63, 3.8) is 0 Å². The fourth-order valence-corrected chi connectivity index (χ4v) is 7.17. The van der Waals surface area contributed by atoms with Gasteiger partial charge in [0.1, 0.15) is 10.8 Å². The van der Waals surface area contributed by atoms with Crippen molar-refractivity contribution >= 4 is 52.5 Å². The minimum absolute atomic E-state index is 0.0824. The number of nitrogens with one attached hydrogen (secondary N) is 3. The van der Waals surface area contributed by atoms with Gasteiger partial charge in [-0.2, -0.15) is 4.98 Å². The lowest BCUT2D eigenvalue weighted by Crippen LogP contribution is -2.48. The highest BCUT2D eigenvalue weighted by Gasteiger charge is 2.32. The monoisotopic (exact) mass is 770 g/mol. The zero-order valence-electron chi connectivity index (χ0n) is 31.1. The summed E-state index contributed by atoms with van der Waals surface area (Å²) in [5, 5.41) is 3.61. The van der Waals surface area contributed by atoms with Crippen molar-refractivity contribution < 1.29 is 28.8 Å². The van der Waals surface area contributed by atoms with E-state index >= 15 is 0 Å². The second-order valence-corrected chi connectivity index (χ2v) is 14.2. The first-order valence-electron chi connectivity index (χ1n) is 18.4. The molecule has 1 aromatic heterocycles. The van der Waals surface area contributed by atoms with Gasteiger partial charge in [0, 0.05) is 70.8 Å². The summed E-state index contributed by atoms with van der Waals surface area (Å²) >= 11 is 6.74. The van der Waals surface area contributed by atoms with Gasteiger partial charge >= 0.3 is 0 Å². The van der Waals surface area contributed by atoms with Crippen LogP contribution in [0.1, 0.15) is 37.3 Å². The predicted octanol–water partition coefficient (Wildman–Crippen LogP) is 5.27. The molecule has 2 aliphatic heterocycles. The van der Waals surface area contributed by atoms with Crippen LogP contribution in [0.3, 0.4) is 0 Å². The van der Waals surface area contributed by atoms with Gasteiger partial charge in [0.15, 0.2) is 5.82 Å². The van der Waals surface area contributed by atoms with Crippen LogP contribution in [0, 0.1) is 11.8 Å². The summed E-state index contributed by atoms with van der Waals surface area (Å²) in [5.74, 6) is 0.681. The molecule has 2 atom stereocenters. The number of hydrogen-bond donors (Lipinski definition) is 3. The molecule has 3 amide bonds. The molecule has 4 aromatic rings. The number of aromatic nitrogens is 2. The topological polar surface area (TPSA) is 150 Å². The molecule has 0 aliphatic carbocycles. The van der Waals surface area contributed by atoms with Gasteiger partial charge in [-0.15, -0.1) is 0 Å². The first-order chi connectivity index (χ1) is 26.7. The molecule has 14 nitrogen and oxygen atoms in total. The molecule has 0 spiro atoms. The van der Waals surface area contributed by atoms with Crippen molar-refractivity contribution in [1.29, 1.82) is 0 Å².